The van der Waals surface area contributed by atoms with Crippen molar-refractivity contribution in [2.75, 3.05) is 20.7 Å². The number of furan rings is 1. The van der Waals surface area contributed by atoms with Crippen molar-refractivity contribution in [2.45, 2.75) is 32.4 Å². The highest BCUT2D eigenvalue weighted by atomic mass is 16.5. The first kappa shape index (κ1) is 14.1. The first-order valence-electron chi connectivity index (χ1n) is 6.55. The number of nitrogens with zero attached hydrogens (tertiary/aromatic N) is 1. The van der Waals surface area contributed by atoms with Crippen molar-refractivity contribution in [1.82, 2.24) is 4.90 Å². The lowest BCUT2D eigenvalue weighted by atomic mass is 10.2. The average molecular weight is 267 g/mol. The van der Waals surface area contributed by atoms with E-state index in [9.17, 15) is 9.90 Å². The van der Waals surface area contributed by atoms with E-state index in [2.05, 4.69) is 4.74 Å². The summed E-state index contributed by atoms with van der Waals surface area (Å²) in [4.78, 5) is 13.5. The topological polar surface area (TPSA) is 62.9 Å². The Kier molecular flexibility index (Phi) is 4.27. The zero-order chi connectivity index (χ0) is 14.0. The largest absolute Gasteiger partial charge is 0.465 e. The number of likely N-dealkylation sites (N-methyl/N-ethyl adjacent to an activating group) is 1. The molecule has 1 N–H and O–H groups in total. The summed E-state index contributed by atoms with van der Waals surface area (Å²) in [5, 5.41) is 9.88. The minimum absolute atomic E-state index is 0.263. The average Bonchev–Trinajstić information content (AvgIpc) is 3.13. The predicted octanol–water partition coefficient (Wildman–Crippen LogP) is 1.58. The molecular formula is C14H21NO4. The van der Waals surface area contributed by atoms with Gasteiger partial charge in [0.2, 0.25) is 0 Å². The van der Waals surface area contributed by atoms with E-state index in [4.69, 9.17) is 4.42 Å². The van der Waals surface area contributed by atoms with Crippen molar-refractivity contribution in [3.8, 4) is 0 Å². The molecule has 2 rings (SSSR count). The number of ether oxygens (including phenoxy) is 1. The van der Waals surface area contributed by atoms with Crippen LogP contribution in [0.3, 0.4) is 0 Å². The van der Waals surface area contributed by atoms with E-state index >= 15 is 0 Å². The summed E-state index contributed by atoms with van der Waals surface area (Å²) < 4.78 is 10.2. The van der Waals surface area contributed by atoms with Gasteiger partial charge in [-0.2, -0.15) is 0 Å². The molecule has 1 aliphatic rings. The summed E-state index contributed by atoms with van der Waals surface area (Å²) in [6.07, 6.45) is 1.99. The smallest absolute Gasteiger partial charge is 0.341 e. The van der Waals surface area contributed by atoms with Gasteiger partial charge in [-0.3, -0.25) is 4.90 Å². The summed E-state index contributed by atoms with van der Waals surface area (Å²) in [6, 6.07) is 1.71. The molecule has 5 heteroatoms. The number of hydrogen-bond donors (Lipinski definition) is 1. The van der Waals surface area contributed by atoms with Crippen LogP contribution in [0.2, 0.25) is 0 Å². The second kappa shape index (κ2) is 5.75. The van der Waals surface area contributed by atoms with E-state index in [0.717, 1.165) is 12.8 Å². The van der Waals surface area contributed by atoms with Gasteiger partial charge in [-0.05, 0) is 38.8 Å². The lowest BCUT2D eigenvalue weighted by Gasteiger charge is -2.19. The number of aliphatic hydroxyl groups excluding tert-OH is 1. The first-order chi connectivity index (χ1) is 9.01. The van der Waals surface area contributed by atoms with Gasteiger partial charge >= 0.3 is 5.97 Å². The van der Waals surface area contributed by atoms with Crippen LogP contribution in [-0.2, 0) is 11.3 Å². The van der Waals surface area contributed by atoms with Crippen LogP contribution in [0.15, 0.2) is 10.5 Å². The fraction of sp³-hybridized carbons (Fsp3) is 0.643. The van der Waals surface area contributed by atoms with Crippen LogP contribution in [0.1, 0.15) is 34.7 Å². The zero-order valence-corrected chi connectivity index (χ0v) is 11.7. The molecule has 0 spiro atoms. The Morgan fingerprint density at radius 3 is 2.89 bits per heavy atom. The third kappa shape index (κ3) is 3.58. The van der Waals surface area contributed by atoms with Crippen molar-refractivity contribution in [1.29, 1.82) is 0 Å². The Balaban J connectivity index is 1.92. The highest BCUT2D eigenvalue weighted by molar-refractivity contribution is 5.90. The van der Waals surface area contributed by atoms with Crippen LogP contribution < -0.4 is 0 Å². The molecule has 5 nitrogen and oxygen atoms in total. The van der Waals surface area contributed by atoms with Gasteiger partial charge < -0.3 is 14.3 Å². The molecule has 1 saturated carbocycles. The van der Waals surface area contributed by atoms with E-state index in [1.165, 1.54) is 7.11 Å². The van der Waals surface area contributed by atoms with Gasteiger partial charge in [0.1, 0.15) is 17.1 Å². The second-order valence-electron chi connectivity index (χ2n) is 5.28. The summed E-state index contributed by atoms with van der Waals surface area (Å²) in [7, 11) is 3.29. The number of aliphatic hydroxyl groups is 1. The van der Waals surface area contributed by atoms with Crippen LogP contribution in [0.5, 0.6) is 0 Å². The number of aryl methyl sites for hydroxylation is 1. The highest BCUT2D eigenvalue weighted by Crippen LogP contribution is 2.32. The molecular weight excluding hydrogens is 246 g/mol. The SMILES string of the molecule is COC(=O)c1cc(CN(C)CC(O)C2CC2)oc1C. The predicted molar refractivity (Wildman–Crippen MR) is 69.8 cm³/mol. The van der Waals surface area contributed by atoms with Gasteiger partial charge in [-0.1, -0.05) is 0 Å². The minimum Gasteiger partial charge on any atom is -0.465 e. The Morgan fingerprint density at radius 1 is 1.63 bits per heavy atom. The monoisotopic (exact) mass is 267 g/mol. The molecule has 1 atom stereocenters. The fourth-order valence-corrected chi connectivity index (χ4v) is 2.21. The molecule has 1 fully saturated rings. The second-order valence-corrected chi connectivity index (χ2v) is 5.28. The van der Waals surface area contributed by atoms with Gasteiger partial charge in [0.15, 0.2) is 0 Å². The van der Waals surface area contributed by atoms with E-state index in [1.807, 2.05) is 11.9 Å². The standard InChI is InChI=1S/C14H21NO4/c1-9-12(14(17)18-3)6-11(19-9)7-15(2)8-13(16)10-4-5-10/h6,10,13,16H,4-5,7-8H2,1-3H3. The van der Waals surface area contributed by atoms with Crippen molar-refractivity contribution in [3.63, 3.8) is 0 Å². The van der Waals surface area contributed by atoms with E-state index in [0.29, 0.717) is 36.1 Å². The van der Waals surface area contributed by atoms with E-state index in [1.54, 1.807) is 13.0 Å². The molecule has 0 aromatic carbocycles. The lowest BCUT2D eigenvalue weighted by Crippen LogP contribution is -2.29. The molecule has 106 valence electrons. The van der Waals surface area contributed by atoms with Crippen LogP contribution in [0.25, 0.3) is 0 Å². The van der Waals surface area contributed by atoms with Gasteiger partial charge in [0.05, 0.1) is 19.8 Å². The third-order valence-corrected chi connectivity index (χ3v) is 3.46. The Morgan fingerprint density at radius 2 is 2.32 bits per heavy atom. The number of hydrogen-bond acceptors (Lipinski definition) is 5. The first-order valence-corrected chi connectivity index (χ1v) is 6.55. The van der Waals surface area contributed by atoms with Gasteiger partial charge in [-0.25, -0.2) is 4.79 Å². The molecule has 0 amide bonds. The summed E-state index contributed by atoms with van der Waals surface area (Å²) in [6.45, 7) is 2.94. The lowest BCUT2D eigenvalue weighted by molar-refractivity contribution is 0.0598. The number of carbonyl (C=O) groups excluding carboxylic acids is 1. The van der Waals surface area contributed by atoms with Crippen LogP contribution >= 0.6 is 0 Å². The molecule has 1 unspecified atom stereocenters. The molecule has 1 aromatic heterocycles. The molecule has 0 bridgehead atoms. The molecule has 19 heavy (non-hydrogen) atoms. The van der Waals surface area contributed by atoms with Crippen LogP contribution in [0, 0.1) is 12.8 Å². The molecule has 0 aliphatic heterocycles. The number of esters is 1. The maximum Gasteiger partial charge on any atom is 0.341 e. The van der Waals surface area contributed by atoms with Gasteiger partial charge in [0.25, 0.3) is 0 Å². The third-order valence-electron chi connectivity index (χ3n) is 3.46. The van der Waals surface area contributed by atoms with Crippen LogP contribution in [-0.4, -0.2) is 42.8 Å². The summed E-state index contributed by atoms with van der Waals surface area (Å²) >= 11 is 0. The van der Waals surface area contributed by atoms with E-state index < -0.39 is 0 Å². The van der Waals surface area contributed by atoms with Gasteiger partial charge in [0, 0.05) is 6.54 Å². The number of carbonyl (C=O) groups is 1. The summed E-state index contributed by atoms with van der Waals surface area (Å²) in [5.74, 6) is 1.36. The Labute approximate surface area is 113 Å². The van der Waals surface area contributed by atoms with Crippen molar-refractivity contribution < 1.29 is 19.1 Å². The normalized spacial score (nSPS) is 16.7. The maximum atomic E-state index is 11.5. The molecule has 1 aliphatic carbocycles. The minimum atomic E-state index is -0.381. The highest BCUT2D eigenvalue weighted by Gasteiger charge is 2.30. The maximum absolute atomic E-state index is 11.5. The Hall–Kier alpha value is -1.33. The molecule has 1 aromatic rings. The van der Waals surface area contributed by atoms with Crippen molar-refractivity contribution in [2.24, 2.45) is 5.92 Å². The quantitative estimate of drug-likeness (QED) is 0.793. The van der Waals surface area contributed by atoms with Crippen LogP contribution in [0.4, 0.5) is 0 Å². The van der Waals surface area contributed by atoms with Crippen molar-refractivity contribution in [3.05, 3.63) is 23.2 Å². The van der Waals surface area contributed by atoms with Gasteiger partial charge in [-0.15, -0.1) is 0 Å². The number of methoxy groups -OCH3 is 1. The zero-order valence-electron chi connectivity index (χ0n) is 11.7. The molecule has 0 radical (unpaired) electrons. The van der Waals surface area contributed by atoms with E-state index in [-0.39, 0.29) is 12.1 Å². The molecule has 1 heterocycles. The van der Waals surface area contributed by atoms with Crippen molar-refractivity contribution >= 4 is 5.97 Å². The Bertz CT molecular complexity index is 450. The molecule has 0 saturated heterocycles. The fourth-order valence-electron chi connectivity index (χ4n) is 2.21. The summed E-state index contributed by atoms with van der Waals surface area (Å²) in [5.41, 5.74) is 0.466. The number of rotatable bonds is 6.